The molecule has 0 atom stereocenters. The molecule has 6 heteroatoms. The number of ether oxygens (including phenoxy) is 1. The molecule has 2 heterocycles. The van der Waals surface area contributed by atoms with E-state index in [1.54, 1.807) is 7.05 Å². The molecule has 0 fully saturated rings. The highest BCUT2D eigenvalue weighted by Crippen LogP contribution is 2.23. The van der Waals surface area contributed by atoms with Crippen LogP contribution in [0.4, 0.5) is 0 Å². The van der Waals surface area contributed by atoms with Gasteiger partial charge in [0.1, 0.15) is 5.69 Å². The van der Waals surface area contributed by atoms with E-state index in [-0.39, 0.29) is 5.78 Å². The molecule has 0 unspecified atom stereocenters. The Bertz CT molecular complexity index is 617. The Morgan fingerprint density at radius 2 is 2.17 bits per heavy atom. The second kappa shape index (κ2) is 4.29. The first-order chi connectivity index (χ1) is 8.66. The fourth-order valence-corrected chi connectivity index (χ4v) is 2.53. The molecule has 5 nitrogen and oxygen atoms in total. The van der Waals surface area contributed by atoms with Gasteiger partial charge in [0.25, 0.3) is 0 Å². The Morgan fingerprint density at radius 1 is 1.39 bits per heavy atom. The van der Waals surface area contributed by atoms with Crippen LogP contribution >= 0.6 is 15.9 Å². The Labute approximate surface area is 112 Å². The summed E-state index contributed by atoms with van der Waals surface area (Å²) in [6.45, 7) is 1.20. The molecule has 3 rings (SSSR count). The third-order valence-corrected chi connectivity index (χ3v) is 3.52. The number of rotatable bonds is 2. The highest BCUT2D eigenvalue weighted by Gasteiger charge is 2.20. The van der Waals surface area contributed by atoms with Crippen LogP contribution in [0.1, 0.15) is 27.2 Å². The zero-order chi connectivity index (χ0) is 12.7. The van der Waals surface area contributed by atoms with Gasteiger partial charge in [0.15, 0.2) is 4.60 Å². The topological polar surface area (TPSA) is 57.0 Å². The summed E-state index contributed by atoms with van der Waals surface area (Å²) in [4.78, 5) is 12.4. The van der Waals surface area contributed by atoms with Crippen LogP contribution in [0.3, 0.4) is 0 Å². The van der Waals surface area contributed by atoms with E-state index in [9.17, 15) is 4.79 Å². The molecule has 0 spiro atoms. The van der Waals surface area contributed by atoms with E-state index >= 15 is 0 Å². The van der Waals surface area contributed by atoms with Gasteiger partial charge in [-0.15, -0.1) is 5.10 Å². The molecule has 1 aliphatic rings. The molecule has 0 aliphatic carbocycles. The summed E-state index contributed by atoms with van der Waals surface area (Å²) in [6.07, 6.45) is 0. The minimum absolute atomic E-state index is 0.0934. The van der Waals surface area contributed by atoms with Gasteiger partial charge < -0.3 is 4.74 Å². The molecule has 18 heavy (non-hydrogen) atoms. The summed E-state index contributed by atoms with van der Waals surface area (Å²) in [5.41, 5.74) is 3.31. The number of nitrogens with zero attached hydrogens (tertiary/aromatic N) is 3. The van der Waals surface area contributed by atoms with Crippen molar-refractivity contribution in [2.45, 2.75) is 13.2 Å². The molecule has 1 aliphatic heterocycles. The number of hydrogen-bond acceptors (Lipinski definition) is 4. The first-order valence-corrected chi connectivity index (χ1v) is 6.25. The van der Waals surface area contributed by atoms with Gasteiger partial charge in [0.05, 0.1) is 13.2 Å². The molecule has 0 saturated heterocycles. The highest BCUT2D eigenvalue weighted by molar-refractivity contribution is 9.10. The lowest BCUT2D eigenvalue weighted by Gasteiger charge is -2.03. The van der Waals surface area contributed by atoms with Crippen molar-refractivity contribution in [3.8, 4) is 0 Å². The van der Waals surface area contributed by atoms with Gasteiger partial charge in [0.2, 0.25) is 5.78 Å². The smallest absolute Gasteiger partial charge is 0.213 e. The van der Waals surface area contributed by atoms with Gasteiger partial charge in [0, 0.05) is 12.6 Å². The molecule has 0 saturated carbocycles. The van der Waals surface area contributed by atoms with E-state index < -0.39 is 0 Å². The first kappa shape index (κ1) is 11.6. The number of fused-ring (bicyclic) bond motifs is 1. The van der Waals surface area contributed by atoms with Gasteiger partial charge in [-0.3, -0.25) is 4.79 Å². The van der Waals surface area contributed by atoms with E-state index in [2.05, 4.69) is 26.2 Å². The lowest BCUT2D eigenvalue weighted by molar-refractivity contribution is 0.102. The van der Waals surface area contributed by atoms with Gasteiger partial charge in [-0.2, -0.15) is 0 Å². The third-order valence-electron chi connectivity index (χ3n) is 2.98. The van der Waals surface area contributed by atoms with Crippen LogP contribution in [0.2, 0.25) is 0 Å². The van der Waals surface area contributed by atoms with Crippen molar-refractivity contribution < 1.29 is 9.53 Å². The Hall–Kier alpha value is -1.53. The Morgan fingerprint density at radius 3 is 2.89 bits per heavy atom. The third kappa shape index (κ3) is 1.77. The number of aromatic nitrogens is 3. The number of carbonyl (C=O) groups excluding carboxylic acids is 1. The second-order valence-electron chi connectivity index (χ2n) is 4.16. The highest BCUT2D eigenvalue weighted by atomic mass is 79.9. The predicted octanol–water partition coefficient (Wildman–Crippen LogP) is 1.84. The first-order valence-electron chi connectivity index (χ1n) is 5.46. The van der Waals surface area contributed by atoms with E-state index in [1.165, 1.54) is 4.68 Å². The van der Waals surface area contributed by atoms with Crippen LogP contribution in [0, 0.1) is 0 Å². The fourth-order valence-electron chi connectivity index (χ4n) is 2.02. The summed E-state index contributed by atoms with van der Waals surface area (Å²) >= 11 is 3.24. The number of hydrogen-bond donors (Lipinski definition) is 0. The molecule has 0 radical (unpaired) electrons. The maximum Gasteiger partial charge on any atom is 0.213 e. The fraction of sp³-hybridized carbons (Fsp3) is 0.250. The maximum absolute atomic E-state index is 12.4. The van der Waals surface area contributed by atoms with Crippen molar-refractivity contribution in [1.29, 1.82) is 0 Å². The zero-order valence-electron chi connectivity index (χ0n) is 9.68. The quantitative estimate of drug-likeness (QED) is 0.794. The van der Waals surface area contributed by atoms with Gasteiger partial charge in [-0.1, -0.05) is 17.3 Å². The Balaban J connectivity index is 2.03. The molecule has 1 aromatic heterocycles. The average molecular weight is 308 g/mol. The van der Waals surface area contributed by atoms with Crippen molar-refractivity contribution in [3.63, 3.8) is 0 Å². The molecule has 0 amide bonds. The average Bonchev–Trinajstić information content (AvgIpc) is 2.94. The second-order valence-corrected chi connectivity index (χ2v) is 4.91. The van der Waals surface area contributed by atoms with Gasteiger partial charge >= 0.3 is 0 Å². The monoisotopic (exact) mass is 307 g/mol. The van der Waals surface area contributed by atoms with Crippen LogP contribution in [-0.2, 0) is 25.0 Å². The summed E-state index contributed by atoms with van der Waals surface area (Å²) in [5.74, 6) is -0.0934. The Kier molecular flexibility index (Phi) is 2.76. The molecular weight excluding hydrogens is 298 g/mol. The van der Waals surface area contributed by atoms with Crippen molar-refractivity contribution >= 4 is 21.7 Å². The number of ketones is 1. The van der Waals surface area contributed by atoms with Crippen molar-refractivity contribution in [1.82, 2.24) is 15.0 Å². The SMILES string of the molecule is Cn1nnc(Br)c1C(=O)c1ccc2c(c1)COC2. The van der Waals surface area contributed by atoms with Crippen molar-refractivity contribution in [3.05, 3.63) is 45.2 Å². The van der Waals surface area contributed by atoms with E-state index in [4.69, 9.17) is 4.74 Å². The lowest BCUT2D eigenvalue weighted by Crippen LogP contribution is -2.09. The minimum atomic E-state index is -0.0934. The van der Waals surface area contributed by atoms with Crippen molar-refractivity contribution in [2.24, 2.45) is 7.05 Å². The van der Waals surface area contributed by atoms with Crippen LogP contribution in [-0.4, -0.2) is 20.8 Å². The molecule has 0 N–H and O–H groups in total. The summed E-state index contributed by atoms with van der Waals surface area (Å²) < 4.78 is 7.27. The number of aryl methyl sites for hydroxylation is 1. The van der Waals surface area contributed by atoms with Gasteiger partial charge in [-0.25, -0.2) is 4.68 Å². The van der Waals surface area contributed by atoms with E-state index in [1.807, 2.05) is 18.2 Å². The molecule has 92 valence electrons. The molecule has 2 aromatic rings. The normalized spacial score (nSPS) is 13.7. The number of halogens is 1. The molecular formula is C12H10BrN3O2. The summed E-state index contributed by atoms with van der Waals surface area (Å²) in [5, 5.41) is 7.63. The van der Waals surface area contributed by atoms with E-state index in [0.29, 0.717) is 29.1 Å². The number of carbonyl (C=O) groups is 1. The van der Waals surface area contributed by atoms with Crippen LogP contribution in [0.25, 0.3) is 0 Å². The summed E-state index contributed by atoms with van der Waals surface area (Å²) in [6, 6.07) is 5.63. The van der Waals surface area contributed by atoms with Crippen LogP contribution in [0.15, 0.2) is 22.8 Å². The minimum Gasteiger partial charge on any atom is -0.372 e. The van der Waals surface area contributed by atoms with Crippen LogP contribution < -0.4 is 0 Å². The van der Waals surface area contributed by atoms with Crippen molar-refractivity contribution in [2.75, 3.05) is 0 Å². The standard InChI is InChI=1S/C12H10BrN3O2/c1-16-10(12(13)14-15-16)11(17)7-2-3-8-5-18-6-9(8)4-7/h2-4H,5-6H2,1H3. The lowest BCUT2D eigenvalue weighted by atomic mass is 10.0. The zero-order valence-corrected chi connectivity index (χ0v) is 11.3. The molecule has 1 aromatic carbocycles. The molecule has 0 bridgehead atoms. The van der Waals surface area contributed by atoms with E-state index in [0.717, 1.165) is 11.1 Å². The maximum atomic E-state index is 12.4. The number of benzene rings is 1. The van der Waals surface area contributed by atoms with Gasteiger partial charge in [-0.05, 0) is 33.1 Å². The summed E-state index contributed by atoms with van der Waals surface area (Å²) in [7, 11) is 1.70. The largest absolute Gasteiger partial charge is 0.372 e. The van der Waals surface area contributed by atoms with Crippen LogP contribution in [0.5, 0.6) is 0 Å². The predicted molar refractivity (Wildman–Crippen MR) is 67.1 cm³/mol.